The Hall–Kier alpha value is -2.68. The fourth-order valence-electron chi connectivity index (χ4n) is 6.23. The van der Waals surface area contributed by atoms with Gasteiger partial charge in [-0.25, -0.2) is 12.7 Å². The normalized spacial score (nSPS) is 21.7. The van der Waals surface area contributed by atoms with Crippen LogP contribution in [0.2, 0.25) is 10.0 Å². The van der Waals surface area contributed by atoms with Crippen LogP contribution in [0.3, 0.4) is 0 Å². The Balaban J connectivity index is 1.62. The number of nitrogens with one attached hydrogen (secondary N) is 2. The van der Waals surface area contributed by atoms with Crippen molar-refractivity contribution >= 4 is 65.8 Å². The number of halogens is 2. The summed E-state index contributed by atoms with van der Waals surface area (Å²) in [5.41, 5.74) is 4.11. The zero-order valence-electron chi connectivity index (χ0n) is 23.8. The van der Waals surface area contributed by atoms with Crippen LogP contribution >= 0.6 is 32.4 Å². The zero-order valence-corrected chi connectivity index (χ0v) is 27.3. The van der Waals surface area contributed by atoms with Gasteiger partial charge in [0.2, 0.25) is 22.3 Å². The molecule has 43 heavy (non-hydrogen) atoms. The fraction of sp³-hybridized carbons (Fsp3) is 0.355. The number of piperidine rings is 2. The number of sulfonamides is 1. The van der Waals surface area contributed by atoms with E-state index >= 15 is 0 Å². The second-order valence-electron chi connectivity index (χ2n) is 11.2. The number of hydrogen-bond acceptors (Lipinski definition) is 5. The fourth-order valence-corrected chi connectivity index (χ4v) is 7.73. The molecule has 0 spiro atoms. The lowest BCUT2D eigenvalue weighted by molar-refractivity contribution is -0.124. The van der Waals surface area contributed by atoms with Gasteiger partial charge in [-0.1, -0.05) is 41.4 Å². The van der Waals surface area contributed by atoms with Crippen LogP contribution in [-0.2, 0) is 19.6 Å². The molecular weight excluding hydrogens is 628 g/mol. The molecule has 2 heterocycles. The van der Waals surface area contributed by atoms with Gasteiger partial charge in [-0.2, -0.15) is 0 Å². The minimum atomic E-state index is -3.27. The third-order valence-corrected chi connectivity index (χ3v) is 10.4. The number of amides is 2. The van der Waals surface area contributed by atoms with Crippen molar-refractivity contribution in [2.45, 2.75) is 50.2 Å². The molecule has 3 aromatic rings. The molecule has 2 aliphatic heterocycles. The topological polar surface area (TPSA) is 105 Å². The van der Waals surface area contributed by atoms with E-state index < -0.39 is 16.1 Å². The van der Waals surface area contributed by atoms with Gasteiger partial charge in [0, 0.05) is 47.1 Å². The summed E-state index contributed by atoms with van der Waals surface area (Å²) >= 11 is 12.9. The lowest BCUT2D eigenvalue weighted by Gasteiger charge is -2.41. The maximum atomic E-state index is 13.4. The van der Waals surface area contributed by atoms with Crippen LogP contribution in [0.1, 0.15) is 59.4 Å². The third kappa shape index (κ3) is 7.18. The summed E-state index contributed by atoms with van der Waals surface area (Å²) in [6.07, 6.45) is 2.87. The molecule has 2 aliphatic rings. The van der Waals surface area contributed by atoms with E-state index in [0.29, 0.717) is 53.8 Å². The largest absolute Gasteiger partial charge is 0.490 e. The zero-order chi connectivity index (χ0) is 30.9. The number of nitrogens with zero attached hydrogens (tertiary/aromatic N) is 1. The van der Waals surface area contributed by atoms with Gasteiger partial charge in [0.1, 0.15) is 11.9 Å². The van der Waals surface area contributed by atoms with Gasteiger partial charge < -0.3 is 15.4 Å². The predicted molar refractivity (Wildman–Crippen MR) is 174 cm³/mol. The van der Waals surface area contributed by atoms with Gasteiger partial charge in [0.25, 0.3) is 0 Å². The van der Waals surface area contributed by atoms with Crippen LogP contribution in [0, 0.1) is 6.92 Å². The Morgan fingerprint density at radius 2 is 1.70 bits per heavy atom. The van der Waals surface area contributed by atoms with E-state index in [0.717, 1.165) is 27.6 Å². The first kappa shape index (κ1) is 31.7. The summed E-state index contributed by atoms with van der Waals surface area (Å²) < 4.78 is 32.1. The summed E-state index contributed by atoms with van der Waals surface area (Å²) in [6, 6.07) is 16.4. The van der Waals surface area contributed by atoms with Gasteiger partial charge in [0.05, 0.1) is 12.3 Å². The van der Waals surface area contributed by atoms with E-state index in [4.69, 9.17) is 27.9 Å². The number of rotatable bonds is 8. The molecule has 0 radical (unpaired) electrons. The number of hydrogen-bond donors (Lipinski definition) is 2. The molecule has 2 saturated heterocycles. The Morgan fingerprint density at radius 3 is 2.40 bits per heavy atom. The van der Waals surface area contributed by atoms with Gasteiger partial charge in [-0.15, -0.1) is 9.24 Å². The van der Waals surface area contributed by atoms with Crippen LogP contribution in [-0.4, -0.2) is 50.5 Å². The molecule has 0 aliphatic carbocycles. The molecule has 4 unspecified atom stereocenters. The minimum Gasteiger partial charge on any atom is -0.490 e. The van der Waals surface area contributed by atoms with Gasteiger partial charge in [-0.3, -0.25) is 9.59 Å². The van der Waals surface area contributed by atoms with E-state index in [1.54, 1.807) is 18.2 Å². The Kier molecular flexibility index (Phi) is 9.69. The van der Waals surface area contributed by atoms with Crippen molar-refractivity contribution in [3.05, 3.63) is 86.9 Å². The molecule has 5 rings (SSSR count). The third-order valence-electron chi connectivity index (χ3n) is 8.28. The molecule has 3 aromatic carbocycles. The highest BCUT2D eigenvalue weighted by molar-refractivity contribution is 7.88. The molecule has 0 saturated carbocycles. The smallest absolute Gasteiger partial charge is 0.221 e. The Bertz CT molecular complexity index is 1650. The van der Waals surface area contributed by atoms with Crippen molar-refractivity contribution in [3.63, 3.8) is 0 Å². The van der Waals surface area contributed by atoms with Gasteiger partial charge in [-0.05, 0) is 83.7 Å². The second-order valence-corrected chi connectivity index (χ2v) is 14.7. The van der Waals surface area contributed by atoms with Crippen LogP contribution in [0.5, 0.6) is 5.75 Å². The SMILES string of the molecule is Cc1ccc(P)cc1C1NC(=O)CC(c2cc(Cl)ccc2OC2CCN(S(C)(=O)=O)CC2)C1c1ccc(Cl)cc1NC=O. The van der Waals surface area contributed by atoms with E-state index in [-0.39, 0.29) is 30.3 Å². The Labute approximate surface area is 264 Å². The first-order valence-corrected chi connectivity index (χ1v) is 17.2. The monoisotopic (exact) mass is 661 g/mol. The average Bonchev–Trinajstić information content (AvgIpc) is 2.95. The van der Waals surface area contributed by atoms with Crippen molar-refractivity contribution in [1.82, 2.24) is 9.62 Å². The molecule has 0 aromatic heterocycles. The van der Waals surface area contributed by atoms with Gasteiger partial charge >= 0.3 is 0 Å². The van der Waals surface area contributed by atoms with Crippen molar-refractivity contribution in [3.8, 4) is 5.75 Å². The number of benzene rings is 3. The maximum absolute atomic E-state index is 13.4. The molecule has 2 amide bonds. The molecule has 2 fully saturated rings. The summed E-state index contributed by atoms with van der Waals surface area (Å²) in [6.45, 7) is 2.76. The molecular formula is C31H34Cl2N3O5PS. The number of aryl methyl sites for hydroxylation is 1. The highest BCUT2D eigenvalue weighted by Gasteiger charge is 2.42. The van der Waals surface area contributed by atoms with E-state index in [1.807, 2.05) is 43.3 Å². The average molecular weight is 663 g/mol. The number of carbonyl (C=O) groups is 2. The first-order valence-electron chi connectivity index (χ1n) is 14.0. The first-order chi connectivity index (χ1) is 20.4. The highest BCUT2D eigenvalue weighted by Crippen LogP contribution is 2.51. The van der Waals surface area contributed by atoms with Gasteiger partial charge in [0.15, 0.2) is 0 Å². The molecule has 2 N–H and O–H groups in total. The van der Waals surface area contributed by atoms with Crippen LogP contribution in [0.4, 0.5) is 5.69 Å². The number of ether oxygens (including phenoxy) is 1. The van der Waals surface area contributed by atoms with Crippen LogP contribution in [0.15, 0.2) is 54.6 Å². The predicted octanol–water partition coefficient (Wildman–Crippen LogP) is 5.30. The molecule has 228 valence electrons. The molecule has 8 nitrogen and oxygen atoms in total. The van der Waals surface area contributed by atoms with E-state index in [1.165, 1.54) is 10.6 Å². The number of anilines is 1. The van der Waals surface area contributed by atoms with E-state index in [9.17, 15) is 18.0 Å². The van der Waals surface area contributed by atoms with Crippen LogP contribution in [0.25, 0.3) is 0 Å². The van der Waals surface area contributed by atoms with Crippen molar-refractivity contribution in [2.75, 3.05) is 24.7 Å². The Morgan fingerprint density at radius 1 is 1.00 bits per heavy atom. The van der Waals surface area contributed by atoms with E-state index in [2.05, 4.69) is 19.9 Å². The lowest BCUT2D eigenvalue weighted by atomic mass is 9.70. The summed E-state index contributed by atoms with van der Waals surface area (Å²) in [5.74, 6) is -0.243. The molecule has 12 heteroatoms. The summed E-state index contributed by atoms with van der Waals surface area (Å²) in [4.78, 5) is 25.1. The molecule has 4 atom stereocenters. The van der Waals surface area contributed by atoms with Crippen molar-refractivity contribution < 1.29 is 22.7 Å². The standard InChI is InChI=1S/C31H34Cl2N3O5PS/c1-18-3-6-22(42)15-24(18)31-30(23-7-4-20(33)14-27(23)34-17-37)26(16-29(38)35-31)25-13-19(32)5-8-28(25)41-21-9-11-36(12-10-21)43(2,39)40/h3-8,13-15,17,21,26,30-31H,9-12,16,42H2,1-2H3,(H,34,37)(H,35,38). The van der Waals surface area contributed by atoms with Crippen molar-refractivity contribution in [2.24, 2.45) is 0 Å². The number of carbonyl (C=O) groups excluding carboxylic acids is 2. The summed E-state index contributed by atoms with van der Waals surface area (Å²) in [7, 11) is -0.560. The quantitative estimate of drug-likeness (QED) is 0.252. The minimum absolute atomic E-state index is 0.119. The van der Waals surface area contributed by atoms with Crippen molar-refractivity contribution in [1.29, 1.82) is 0 Å². The summed E-state index contributed by atoms with van der Waals surface area (Å²) in [5, 5.41) is 7.99. The van der Waals surface area contributed by atoms with Crippen LogP contribution < -0.4 is 20.7 Å². The second kappa shape index (κ2) is 13.1. The highest BCUT2D eigenvalue weighted by atomic mass is 35.5. The lowest BCUT2D eigenvalue weighted by Crippen LogP contribution is -2.43. The molecule has 0 bridgehead atoms. The maximum Gasteiger partial charge on any atom is 0.221 e.